The summed E-state index contributed by atoms with van der Waals surface area (Å²) in [6.07, 6.45) is 0. The summed E-state index contributed by atoms with van der Waals surface area (Å²) in [6, 6.07) is 9.41. The molecule has 0 aromatic heterocycles. The molecule has 0 aliphatic heterocycles. The van der Waals surface area contributed by atoms with Gasteiger partial charge in [-0.2, -0.15) is 0 Å². The fourth-order valence-corrected chi connectivity index (χ4v) is 2.36. The SMILES string of the molecule is O=[N+]([O-])c1ccc(Br)c(Oc2ccc(CO)cc2Br)c1. The predicted molar refractivity (Wildman–Crippen MR) is 80.9 cm³/mol. The van der Waals surface area contributed by atoms with Crippen LogP contribution in [-0.2, 0) is 6.61 Å². The first-order chi connectivity index (χ1) is 9.51. The predicted octanol–water partition coefficient (Wildman–Crippen LogP) is 4.40. The molecule has 2 rings (SSSR count). The van der Waals surface area contributed by atoms with E-state index in [0.717, 1.165) is 5.56 Å². The lowest BCUT2D eigenvalue weighted by Gasteiger charge is -2.10. The van der Waals surface area contributed by atoms with E-state index in [2.05, 4.69) is 31.9 Å². The highest BCUT2D eigenvalue weighted by Gasteiger charge is 2.12. The van der Waals surface area contributed by atoms with Crippen molar-refractivity contribution in [3.05, 3.63) is 61.0 Å². The molecule has 0 saturated heterocycles. The third-order valence-electron chi connectivity index (χ3n) is 2.52. The number of aliphatic hydroxyl groups excluding tert-OH is 1. The van der Waals surface area contributed by atoms with Crippen LogP contribution in [-0.4, -0.2) is 10.0 Å². The fraction of sp³-hybridized carbons (Fsp3) is 0.0769. The number of nitro benzene ring substituents is 1. The van der Waals surface area contributed by atoms with Crippen LogP contribution < -0.4 is 4.74 Å². The summed E-state index contributed by atoms with van der Waals surface area (Å²) in [4.78, 5) is 10.3. The number of hydrogen-bond donors (Lipinski definition) is 1. The molecule has 0 radical (unpaired) electrons. The maximum Gasteiger partial charge on any atom is 0.273 e. The number of aliphatic hydroxyl groups is 1. The molecular weight excluding hydrogens is 394 g/mol. The second-order valence-corrected chi connectivity index (χ2v) is 5.61. The first kappa shape index (κ1) is 15.0. The van der Waals surface area contributed by atoms with Gasteiger partial charge in [0.2, 0.25) is 0 Å². The maximum absolute atomic E-state index is 10.8. The van der Waals surface area contributed by atoms with E-state index in [1.807, 2.05) is 0 Å². The molecule has 0 fully saturated rings. The van der Waals surface area contributed by atoms with Gasteiger partial charge in [0.05, 0.1) is 26.5 Å². The zero-order chi connectivity index (χ0) is 14.7. The molecule has 2 aromatic carbocycles. The number of hydrogen-bond acceptors (Lipinski definition) is 4. The Bertz CT molecular complexity index is 661. The van der Waals surface area contributed by atoms with Gasteiger partial charge >= 0.3 is 0 Å². The molecule has 1 N–H and O–H groups in total. The lowest BCUT2D eigenvalue weighted by molar-refractivity contribution is -0.384. The minimum atomic E-state index is -0.483. The normalized spacial score (nSPS) is 10.3. The molecule has 0 spiro atoms. The van der Waals surface area contributed by atoms with E-state index in [9.17, 15) is 10.1 Å². The van der Waals surface area contributed by atoms with Crippen molar-refractivity contribution in [1.82, 2.24) is 0 Å². The van der Waals surface area contributed by atoms with Crippen molar-refractivity contribution in [2.45, 2.75) is 6.61 Å². The minimum Gasteiger partial charge on any atom is -0.455 e. The lowest BCUT2D eigenvalue weighted by atomic mass is 10.2. The number of benzene rings is 2. The Kier molecular flexibility index (Phi) is 4.74. The Morgan fingerprint density at radius 2 is 1.85 bits per heavy atom. The van der Waals surface area contributed by atoms with Crippen LogP contribution in [0.5, 0.6) is 11.5 Å². The van der Waals surface area contributed by atoms with Crippen molar-refractivity contribution in [3.63, 3.8) is 0 Å². The maximum atomic E-state index is 10.8. The van der Waals surface area contributed by atoms with Gasteiger partial charge in [-0.3, -0.25) is 10.1 Å². The first-order valence-electron chi connectivity index (χ1n) is 5.52. The Balaban J connectivity index is 2.34. The third kappa shape index (κ3) is 3.36. The van der Waals surface area contributed by atoms with Gasteiger partial charge in [-0.25, -0.2) is 0 Å². The standard InChI is InChI=1S/C13H9Br2NO4/c14-10-3-2-9(16(18)19)6-13(10)20-12-4-1-8(7-17)5-11(12)15/h1-6,17H,7H2. The highest BCUT2D eigenvalue weighted by molar-refractivity contribution is 9.11. The van der Waals surface area contributed by atoms with Gasteiger partial charge in [-0.05, 0) is 55.6 Å². The van der Waals surface area contributed by atoms with E-state index in [0.29, 0.717) is 20.4 Å². The Labute approximate surface area is 131 Å². The van der Waals surface area contributed by atoms with E-state index < -0.39 is 4.92 Å². The highest BCUT2D eigenvalue weighted by atomic mass is 79.9. The molecule has 0 atom stereocenters. The molecule has 5 nitrogen and oxygen atoms in total. The molecule has 104 valence electrons. The summed E-state index contributed by atoms with van der Waals surface area (Å²) in [5, 5.41) is 19.8. The van der Waals surface area contributed by atoms with Crippen LogP contribution in [0.15, 0.2) is 45.3 Å². The fourth-order valence-electron chi connectivity index (χ4n) is 1.53. The van der Waals surface area contributed by atoms with E-state index in [1.54, 1.807) is 24.3 Å². The zero-order valence-electron chi connectivity index (χ0n) is 10.0. The molecule has 20 heavy (non-hydrogen) atoms. The Morgan fingerprint density at radius 3 is 2.45 bits per heavy atom. The van der Waals surface area contributed by atoms with E-state index in [-0.39, 0.29) is 12.3 Å². The molecular formula is C13H9Br2NO4. The van der Waals surface area contributed by atoms with Gasteiger partial charge < -0.3 is 9.84 Å². The van der Waals surface area contributed by atoms with E-state index >= 15 is 0 Å². The second-order valence-electron chi connectivity index (χ2n) is 3.90. The van der Waals surface area contributed by atoms with Crippen LogP contribution in [0, 0.1) is 10.1 Å². The quantitative estimate of drug-likeness (QED) is 0.607. The Hall–Kier alpha value is -1.44. The lowest BCUT2D eigenvalue weighted by Crippen LogP contribution is -1.92. The second kappa shape index (κ2) is 6.34. The number of halogens is 2. The van der Waals surface area contributed by atoms with Crippen molar-refractivity contribution in [1.29, 1.82) is 0 Å². The molecule has 0 saturated carbocycles. The summed E-state index contributed by atoms with van der Waals surface area (Å²) in [5.74, 6) is 0.847. The van der Waals surface area contributed by atoms with Gasteiger partial charge in [0.15, 0.2) is 0 Å². The molecule has 0 heterocycles. The minimum absolute atomic E-state index is 0.0497. The number of rotatable bonds is 4. The summed E-state index contributed by atoms with van der Waals surface area (Å²) in [6.45, 7) is -0.0701. The molecule has 0 amide bonds. The van der Waals surface area contributed by atoms with Gasteiger partial charge in [0.25, 0.3) is 5.69 Å². The van der Waals surface area contributed by atoms with Crippen molar-refractivity contribution in [2.24, 2.45) is 0 Å². The first-order valence-corrected chi connectivity index (χ1v) is 7.11. The summed E-state index contributed by atoms with van der Waals surface area (Å²) in [7, 11) is 0. The zero-order valence-corrected chi connectivity index (χ0v) is 13.2. The number of nitro groups is 1. The number of non-ortho nitro benzene ring substituents is 1. The molecule has 7 heteroatoms. The van der Waals surface area contributed by atoms with Crippen molar-refractivity contribution >= 4 is 37.5 Å². The van der Waals surface area contributed by atoms with Crippen molar-refractivity contribution in [2.75, 3.05) is 0 Å². The smallest absolute Gasteiger partial charge is 0.273 e. The number of nitrogens with zero attached hydrogens (tertiary/aromatic N) is 1. The van der Waals surface area contributed by atoms with Crippen molar-refractivity contribution < 1.29 is 14.8 Å². The molecule has 0 aliphatic carbocycles. The molecule has 0 aliphatic rings. The average Bonchev–Trinajstić information content (AvgIpc) is 2.42. The van der Waals surface area contributed by atoms with Crippen LogP contribution in [0.25, 0.3) is 0 Å². The van der Waals surface area contributed by atoms with Gasteiger partial charge in [-0.1, -0.05) is 6.07 Å². The summed E-state index contributed by atoms with van der Waals surface area (Å²) in [5.41, 5.74) is 0.689. The van der Waals surface area contributed by atoms with Crippen LogP contribution in [0.4, 0.5) is 5.69 Å². The van der Waals surface area contributed by atoms with Crippen LogP contribution in [0.1, 0.15) is 5.56 Å². The monoisotopic (exact) mass is 401 g/mol. The van der Waals surface area contributed by atoms with Crippen LogP contribution in [0.3, 0.4) is 0 Å². The van der Waals surface area contributed by atoms with Gasteiger partial charge in [-0.15, -0.1) is 0 Å². The van der Waals surface area contributed by atoms with Crippen LogP contribution >= 0.6 is 31.9 Å². The van der Waals surface area contributed by atoms with E-state index in [1.165, 1.54) is 12.1 Å². The van der Waals surface area contributed by atoms with Gasteiger partial charge in [0.1, 0.15) is 11.5 Å². The average molecular weight is 403 g/mol. The topological polar surface area (TPSA) is 72.6 Å². The van der Waals surface area contributed by atoms with Gasteiger partial charge in [0, 0.05) is 6.07 Å². The molecule has 2 aromatic rings. The summed E-state index contributed by atoms with van der Waals surface area (Å²) >= 11 is 6.62. The number of ether oxygens (including phenoxy) is 1. The Morgan fingerprint density at radius 1 is 1.10 bits per heavy atom. The van der Waals surface area contributed by atoms with Crippen LogP contribution in [0.2, 0.25) is 0 Å². The molecule has 0 bridgehead atoms. The summed E-state index contributed by atoms with van der Waals surface area (Å²) < 4.78 is 6.92. The largest absolute Gasteiger partial charge is 0.455 e. The third-order valence-corrected chi connectivity index (χ3v) is 3.80. The van der Waals surface area contributed by atoms with E-state index in [4.69, 9.17) is 9.84 Å². The molecule has 0 unspecified atom stereocenters. The highest BCUT2D eigenvalue weighted by Crippen LogP contribution is 2.36. The van der Waals surface area contributed by atoms with Crippen molar-refractivity contribution in [3.8, 4) is 11.5 Å².